The average Bonchev–Trinajstić information content (AvgIpc) is 2.35. The highest BCUT2D eigenvalue weighted by Crippen LogP contribution is 2.25. The number of unbranched alkanes of at least 4 members (excludes halogenated alkanes) is 1. The molecule has 0 aliphatic heterocycles. The van der Waals surface area contributed by atoms with Crippen LogP contribution in [0, 0.1) is 13.8 Å². The molecule has 0 saturated carbocycles. The molecule has 0 atom stereocenters. The first kappa shape index (κ1) is 17.5. The van der Waals surface area contributed by atoms with Gasteiger partial charge in [-0.2, -0.15) is 0 Å². The van der Waals surface area contributed by atoms with Gasteiger partial charge in [0.25, 0.3) is 0 Å². The number of hydrogen-bond acceptors (Lipinski definition) is 3. The minimum Gasteiger partial charge on any atom is -0.317 e. The van der Waals surface area contributed by atoms with Gasteiger partial charge in [0, 0.05) is 10.2 Å². The fraction of sp³-hybridized carbons (Fsp3) is 0.571. The van der Waals surface area contributed by atoms with Crippen LogP contribution in [0.25, 0.3) is 0 Å². The number of hydrogen-bond donors (Lipinski definition) is 2. The van der Waals surface area contributed by atoms with E-state index in [9.17, 15) is 8.42 Å². The van der Waals surface area contributed by atoms with Crippen molar-refractivity contribution in [2.45, 2.75) is 33.6 Å². The van der Waals surface area contributed by atoms with Gasteiger partial charge in [0.2, 0.25) is 10.0 Å². The van der Waals surface area contributed by atoms with Crippen LogP contribution in [-0.2, 0) is 10.0 Å². The largest absolute Gasteiger partial charge is 0.317 e. The Bertz CT molecular complexity index is 521. The van der Waals surface area contributed by atoms with E-state index >= 15 is 0 Å². The molecule has 1 rings (SSSR count). The first-order valence-corrected chi connectivity index (χ1v) is 9.28. The van der Waals surface area contributed by atoms with E-state index in [-0.39, 0.29) is 5.75 Å². The SMILES string of the molecule is CCNCCCCS(=O)(=O)Nc1cc(C)c(Br)c(C)c1. The van der Waals surface area contributed by atoms with Crippen LogP contribution >= 0.6 is 15.9 Å². The Morgan fingerprint density at radius 3 is 2.30 bits per heavy atom. The van der Waals surface area contributed by atoms with Gasteiger partial charge in [0.1, 0.15) is 0 Å². The van der Waals surface area contributed by atoms with Crippen LogP contribution in [0.3, 0.4) is 0 Å². The lowest BCUT2D eigenvalue weighted by molar-refractivity contribution is 0.593. The van der Waals surface area contributed by atoms with Crippen LogP contribution in [0.2, 0.25) is 0 Å². The normalized spacial score (nSPS) is 11.6. The molecular weight excluding hydrogens is 340 g/mol. The summed E-state index contributed by atoms with van der Waals surface area (Å²) in [5.74, 6) is 0.159. The summed E-state index contributed by atoms with van der Waals surface area (Å²) < 4.78 is 27.7. The fourth-order valence-corrected chi connectivity index (χ4v) is 3.35. The van der Waals surface area contributed by atoms with Crippen molar-refractivity contribution in [3.8, 4) is 0 Å². The Balaban J connectivity index is 2.58. The van der Waals surface area contributed by atoms with Gasteiger partial charge in [-0.1, -0.05) is 22.9 Å². The maximum atomic E-state index is 12.0. The minimum absolute atomic E-state index is 0.159. The van der Waals surface area contributed by atoms with E-state index in [0.717, 1.165) is 35.1 Å². The lowest BCUT2D eigenvalue weighted by Crippen LogP contribution is -2.19. The first-order chi connectivity index (χ1) is 9.35. The predicted molar refractivity (Wildman–Crippen MR) is 88.8 cm³/mol. The highest BCUT2D eigenvalue weighted by atomic mass is 79.9. The van der Waals surface area contributed by atoms with E-state index < -0.39 is 10.0 Å². The standard InChI is InChI=1S/C14H23BrN2O2S/c1-4-16-7-5-6-8-20(18,19)17-13-9-11(2)14(15)12(3)10-13/h9-10,16-17H,4-8H2,1-3H3. The van der Waals surface area contributed by atoms with Gasteiger partial charge in [0.05, 0.1) is 5.75 Å². The summed E-state index contributed by atoms with van der Waals surface area (Å²) in [7, 11) is -3.26. The second kappa shape index (κ2) is 8.00. The van der Waals surface area contributed by atoms with Crippen LogP contribution in [0.4, 0.5) is 5.69 Å². The van der Waals surface area contributed by atoms with E-state index in [2.05, 4.69) is 26.0 Å². The molecule has 2 N–H and O–H groups in total. The molecule has 1 aromatic carbocycles. The molecule has 0 aliphatic rings. The molecule has 0 heterocycles. The number of benzene rings is 1. The van der Waals surface area contributed by atoms with Crippen LogP contribution in [0.1, 0.15) is 30.9 Å². The van der Waals surface area contributed by atoms with Crippen molar-refractivity contribution in [3.05, 3.63) is 27.7 Å². The van der Waals surface area contributed by atoms with Crippen LogP contribution in [-0.4, -0.2) is 27.3 Å². The van der Waals surface area contributed by atoms with Crippen molar-refractivity contribution >= 4 is 31.6 Å². The Hall–Kier alpha value is -0.590. The Kier molecular flexibility index (Phi) is 6.99. The highest BCUT2D eigenvalue weighted by Gasteiger charge is 2.11. The van der Waals surface area contributed by atoms with Crippen LogP contribution in [0.15, 0.2) is 16.6 Å². The second-order valence-corrected chi connectivity index (χ2v) is 7.54. The summed E-state index contributed by atoms with van der Waals surface area (Å²) >= 11 is 3.47. The molecule has 0 fully saturated rings. The zero-order valence-corrected chi connectivity index (χ0v) is 14.7. The van der Waals surface area contributed by atoms with E-state index in [1.807, 2.05) is 32.9 Å². The van der Waals surface area contributed by atoms with Crippen molar-refractivity contribution in [2.24, 2.45) is 0 Å². The molecule has 0 aliphatic carbocycles. The van der Waals surface area contributed by atoms with Crippen molar-refractivity contribution < 1.29 is 8.42 Å². The number of nitrogens with one attached hydrogen (secondary N) is 2. The number of sulfonamides is 1. The summed E-state index contributed by atoms with van der Waals surface area (Å²) in [6.07, 6.45) is 1.53. The van der Waals surface area contributed by atoms with Gasteiger partial charge in [-0.25, -0.2) is 8.42 Å². The summed E-state index contributed by atoms with van der Waals surface area (Å²) in [4.78, 5) is 0. The summed E-state index contributed by atoms with van der Waals surface area (Å²) in [5.41, 5.74) is 2.68. The highest BCUT2D eigenvalue weighted by molar-refractivity contribution is 9.10. The maximum absolute atomic E-state index is 12.0. The molecular formula is C14H23BrN2O2S. The number of aryl methyl sites for hydroxylation is 2. The lowest BCUT2D eigenvalue weighted by Gasteiger charge is -2.11. The molecule has 0 bridgehead atoms. The number of rotatable bonds is 8. The van der Waals surface area contributed by atoms with Gasteiger partial charge in [-0.15, -0.1) is 0 Å². The summed E-state index contributed by atoms with van der Waals surface area (Å²) in [6.45, 7) is 7.72. The predicted octanol–water partition coefficient (Wildman–Crippen LogP) is 3.20. The topological polar surface area (TPSA) is 58.2 Å². The van der Waals surface area contributed by atoms with E-state index in [4.69, 9.17) is 0 Å². The minimum atomic E-state index is -3.26. The molecule has 6 heteroatoms. The summed E-state index contributed by atoms with van der Waals surface area (Å²) in [5, 5.41) is 3.18. The van der Waals surface area contributed by atoms with Crippen molar-refractivity contribution in [2.75, 3.05) is 23.6 Å². The molecule has 4 nitrogen and oxygen atoms in total. The second-order valence-electron chi connectivity index (χ2n) is 4.91. The monoisotopic (exact) mass is 362 g/mol. The molecule has 0 amide bonds. The Labute approximate surface area is 130 Å². The zero-order chi connectivity index (χ0) is 15.2. The first-order valence-electron chi connectivity index (χ1n) is 6.83. The lowest BCUT2D eigenvalue weighted by atomic mass is 10.1. The molecule has 20 heavy (non-hydrogen) atoms. The third kappa shape index (κ3) is 5.81. The van der Waals surface area contributed by atoms with E-state index in [1.165, 1.54) is 0 Å². The van der Waals surface area contributed by atoms with Gasteiger partial charge < -0.3 is 5.32 Å². The van der Waals surface area contributed by atoms with E-state index in [0.29, 0.717) is 12.1 Å². The molecule has 0 unspecified atom stereocenters. The third-order valence-electron chi connectivity index (χ3n) is 2.98. The van der Waals surface area contributed by atoms with Crippen molar-refractivity contribution in [1.29, 1.82) is 0 Å². The quantitative estimate of drug-likeness (QED) is 0.698. The maximum Gasteiger partial charge on any atom is 0.232 e. The van der Waals surface area contributed by atoms with Crippen LogP contribution < -0.4 is 10.0 Å². The average molecular weight is 363 g/mol. The van der Waals surface area contributed by atoms with Crippen LogP contribution in [0.5, 0.6) is 0 Å². The molecule has 1 aromatic rings. The summed E-state index contributed by atoms with van der Waals surface area (Å²) in [6, 6.07) is 3.68. The molecule has 0 aromatic heterocycles. The molecule has 114 valence electrons. The molecule has 0 radical (unpaired) electrons. The third-order valence-corrected chi connectivity index (χ3v) is 5.60. The van der Waals surface area contributed by atoms with Gasteiger partial charge in [0.15, 0.2) is 0 Å². The van der Waals surface area contributed by atoms with Crippen molar-refractivity contribution in [3.63, 3.8) is 0 Å². The molecule has 0 saturated heterocycles. The number of halogens is 1. The Morgan fingerprint density at radius 1 is 1.15 bits per heavy atom. The smallest absolute Gasteiger partial charge is 0.232 e. The van der Waals surface area contributed by atoms with Gasteiger partial charge in [-0.3, -0.25) is 4.72 Å². The van der Waals surface area contributed by atoms with Gasteiger partial charge in [-0.05, 0) is 63.0 Å². The fourth-order valence-electron chi connectivity index (χ4n) is 1.95. The zero-order valence-electron chi connectivity index (χ0n) is 12.3. The van der Waals surface area contributed by atoms with Gasteiger partial charge >= 0.3 is 0 Å². The van der Waals surface area contributed by atoms with E-state index in [1.54, 1.807) is 0 Å². The number of anilines is 1. The molecule has 0 spiro atoms. The van der Waals surface area contributed by atoms with Crippen molar-refractivity contribution in [1.82, 2.24) is 5.32 Å². The Morgan fingerprint density at radius 2 is 1.75 bits per heavy atom.